The zero-order valence-electron chi connectivity index (χ0n) is 14.9. The van der Waals surface area contributed by atoms with E-state index in [2.05, 4.69) is 21.6 Å². The molecular weight excluding hydrogens is 346 g/mol. The fourth-order valence-electron chi connectivity index (χ4n) is 3.92. The molecule has 2 aliphatic rings. The van der Waals surface area contributed by atoms with Gasteiger partial charge in [0.15, 0.2) is 0 Å². The second-order valence-electron chi connectivity index (χ2n) is 7.30. The highest BCUT2D eigenvalue weighted by Gasteiger charge is 2.26. The molecule has 1 aliphatic carbocycles. The summed E-state index contributed by atoms with van der Waals surface area (Å²) in [5, 5.41) is 11.7. The zero-order chi connectivity index (χ0) is 17.8. The number of aromatic nitrogens is 2. The Bertz CT molecular complexity index is 755. The normalized spacial score (nSPS) is 21.1. The third kappa shape index (κ3) is 4.29. The molecule has 4 rings (SSSR count). The monoisotopic (exact) mass is 371 g/mol. The van der Waals surface area contributed by atoms with Crippen molar-refractivity contribution in [2.45, 2.75) is 68.3 Å². The van der Waals surface area contributed by atoms with Crippen LogP contribution in [0.1, 0.15) is 56.4 Å². The molecule has 0 bridgehead atoms. The van der Waals surface area contributed by atoms with Gasteiger partial charge in [-0.3, -0.25) is 4.79 Å². The summed E-state index contributed by atoms with van der Waals surface area (Å²) < 4.78 is 5.80. The number of para-hydroxylation sites is 1. The van der Waals surface area contributed by atoms with Crippen LogP contribution in [0.3, 0.4) is 0 Å². The van der Waals surface area contributed by atoms with Crippen molar-refractivity contribution < 1.29 is 9.21 Å². The molecule has 1 atom stereocenters. The van der Waals surface area contributed by atoms with Crippen molar-refractivity contribution in [2.24, 2.45) is 5.92 Å². The maximum Gasteiger partial charge on any atom is 0.277 e. The third-order valence-corrected chi connectivity index (χ3v) is 6.53. The molecule has 1 N–H and O–H groups in total. The van der Waals surface area contributed by atoms with Crippen LogP contribution in [0.5, 0.6) is 0 Å². The largest absolute Gasteiger partial charge is 0.416 e. The van der Waals surface area contributed by atoms with Crippen molar-refractivity contribution in [3.8, 4) is 0 Å². The summed E-state index contributed by atoms with van der Waals surface area (Å²) in [6, 6.07) is 7.98. The number of carbonyl (C=O) groups is 1. The highest BCUT2D eigenvalue weighted by molar-refractivity contribution is 8.00. The summed E-state index contributed by atoms with van der Waals surface area (Å²) in [6.07, 6.45) is 10.4. The number of benzene rings is 1. The molecule has 1 unspecified atom stereocenters. The van der Waals surface area contributed by atoms with E-state index in [1.807, 2.05) is 18.2 Å². The molecule has 6 heteroatoms. The first-order valence-electron chi connectivity index (χ1n) is 9.66. The Hall–Kier alpha value is -1.82. The number of anilines is 1. The first-order valence-corrected chi connectivity index (χ1v) is 10.5. The molecule has 1 aliphatic heterocycles. The average molecular weight is 372 g/mol. The van der Waals surface area contributed by atoms with Gasteiger partial charge in [-0.2, -0.15) is 0 Å². The van der Waals surface area contributed by atoms with E-state index < -0.39 is 0 Å². The van der Waals surface area contributed by atoms with Gasteiger partial charge in [0.2, 0.25) is 11.8 Å². The minimum Gasteiger partial charge on any atom is -0.416 e. The van der Waals surface area contributed by atoms with E-state index in [4.69, 9.17) is 4.42 Å². The first-order chi connectivity index (χ1) is 12.8. The standard InChI is InChI=1S/C20H25N3O2S/c24-19-17(12-11-15-8-4-5-9-16(15)21-19)26-20-23-22-18(25-20)13-10-14-6-2-1-3-7-14/h4-5,8-9,14,17H,1-3,6-7,10-13H2,(H,21,24). The average Bonchev–Trinajstić information content (AvgIpc) is 3.06. The van der Waals surface area contributed by atoms with Crippen molar-refractivity contribution >= 4 is 23.4 Å². The number of nitrogens with one attached hydrogen (secondary N) is 1. The molecule has 26 heavy (non-hydrogen) atoms. The lowest BCUT2D eigenvalue weighted by molar-refractivity contribution is -0.115. The van der Waals surface area contributed by atoms with Gasteiger partial charge in [-0.25, -0.2) is 0 Å². The van der Waals surface area contributed by atoms with Crippen LogP contribution >= 0.6 is 11.8 Å². The fourth-order valence-corrected chi connectivity index (χ4v) is 4.79. The van der Waals surface area contributed by atoms with Crippen molar-refractivity contribution in [3.63, 3.8) is 0 Å². The van der Waals surface area contributed by atoms with Gasteiger partial charge in [-0.05, 0) is 36.8 Å². The number of amides is 1. The lowest BCUT2D eigenvalue weighted by atomic mass is 9.86. The molecule has 1 amide bonds. The molecule has 2 heterocycles. The van der Waals surface area contributed by atoms with Crippen LogP contribution in [0.2, 0.25) is 0 Å². The van der Waals surface area contributed by atoms with E-state index in [1.54, 1.807) is 0 Å². The van der Waals surface area contributed by atoms with Gasteiger partial charge in [0.25, 0.3) is 5.22 Å². The topological polar surface area (TPSA) is 68.0 Å². The van der Waals surface area contributed by atoms with Gasteiger partial charge in [0.1, 0.15) is 0 Å². The fraction of sp³-hybridized carbons (Fsp3) is 0.550. The molecule has 1 aromatic heterocycles. The number of nitrogens with zero attached hydrogens (tertiary/aromatic N) is 2. The van der Waals surface area contributed by atoms with Crippen LogP contribution in [-0.4, -0.2) is 21.4 Å². The Labute approximate surface area is 158 Å². The first kappa shape index (κ1) is 17.6. The SMILES string of the molecule is O=C1Nc2ccccc2CCC1Sc1nnc(CCC2CCCCC2)o1. The van der Waals surface area contributed by atoms with E-state index >= 15 is 0 Å². The number of hydrogen-bond acceptors (Lipinski definition) is 5. The minimum atomic E-state index is -0.200. The van der Waals surface area contributed by atoms with Crippen LogP contribution in [0.25, 0.3) is 0 Å². The molecule has 5 nitrogen and oxygen atoms in total. The Balaban J connectivity index is 1.33. The number of rotatable bonds is 5. The molecule has 1 fully saturated rings. The molecule has 2 aromatic rings. The maximum absolute atomic E-state index is 12.5. The lowest BCUT2D eigenvalue weighted by Crippen LogP contribution is -2.23. The van der Waals surface area contributed by atoms with Crippen molar-refractivity contribution in [1.82, 2.24) is 10.2 Å². The predicted molar refractivity (Wildman–Crippen MR) is 102 cm³/mol. The van der Waals surface area contributed by atoms with Crippen molar-refractivity contribution in [3.05, 3.63) is 35.7 Å². The molecule has 0 saturated heterocycles. The van der Waals surface area contributed by atoms with Crippen LogP contribution in [0.4, 0.5) is 5.69 Å². The van der Waals surface area contributed by atoms with Crippen molar-refractivity contribution in [2.75, 3.05) is 5.32 Å². The summed E-state index contributed by atoms with van der Waals surface area (Å²) >= 11 is 1.39. The number of hydrogen-bond donors (Lipinski definition) is 1. The Morgan fingerprint density at radius 1 is 1.12 bits per heavy atom. The van der Waals surface area contributed by atoms with Crippen LogP contribution in [0, 0.1) is 5.92 Å². The highest BCUT2D eigenvalue weighted by Crippen LogP contribution is 2.32. The van der Waals surface area contributed by atoms with Gasteiger partial charge in [0, 0.05) is 12.1 Å². The van der Waals surface area contributed by atoms with E-state index in [1.165, 1.54) is 49.4 Å². The van der Waals surface area contributed by atoms with Gasteiger partial charge in [-0.15, -0.1) is 10.2 Å². The van der Waals surface area contributed by atoms with Crippen LogP contribution in [0.15, 0.2) is 33.9 Å². The molecule has 0 spiro atoms. The summed E-state index contributed by atoms with van der Waals surface area (Å²) in [5.41, 5.74) is 2.10. The van der Waals surface area contributed by atoms with Gasteiger partial charge in [0.05, 0.1) is 5.25 Å². The zero-order valence-corrected chi connectivity index (χ0v) is 15.8. The van der Waals surface area contributed by atoms with Crippen LogP contribution in [-0.2, 0) is 17.6 Å². The number of fused-ring (bicyclic) bond motifs is 1. The van der Waals surface area contributed by atoms with E-state index in [0.29, 0.717) is 11.1 Å². The quantitative estimate of drug-likeness (QED) is 0.830. The van der Waals surface area contributed by atoms with Crippen LogP contribution < -0.4 is 5.32 Å². The summed E-state index contributed by atoms with van der Waals surface area (Å²) in [5.74, 6) is 1.52. The molecule has 138 valence electrons. The summed E-state index contributed by atoms with van der Waals surface area (Å²) in [6.45, 7) is 0. The van der Waals surface area contributed by atoms with E-state index in [9.17, 15) is 4.79 Å². The Morgan fingerprint density at radius 3 is 2.85 bits per heavy atom. The maximum atomic E-state index is 12.5. The summed E-state index contributed by atoms with van der Waals surface area (Å²) in [7, 11) is 0. The van der Waals surface area contributed by atoms with Gasteiger partial charge < -0.3 is 9.73 Å². The lowest BCUT2D eigenvalue weighted by Gasteiger charge is -2.20. The molecule has 1 aromatic carbocycles. The minimum absolute atomic E-state index is 0.0157. The smallest absolute Gasteiger partial charge is 0.277 e. The highest BCUT2D eigenvalue weighted by atomic mass is 32.2. The second kappa shape index (κ2) is 8.25. The second-order valence-corrected chi connectivity index (χ2v) is 8.45. The number of carbonyl (C=O) groups excluding carboxylic acids is 1. The van der Waals surface area contributed by atoms with E-state index in [0.717, 1.165) is 37.3 Å². The number of thioether (sulfide) groups is 1. The molecule has 0 radical (unpaired) electrons. The van der Waals surface area contributed by atoms with Gasteiger partial charge >= 0.3 is 0 Å². The van der Waals surface area contributed by atoms with E-state index in [-0.39, 0.29) is 11.2 Å². The molecule has 1 saturated carbocycles. The number of aryl methyl sites for hydroxylation is 2. The van der Waals surface area contributed by atoms with Crippen molar-refractivity contribution in [1.29, 1.82) is 0 Å². The molecular formula is C20H25N3O2S. The van der Waals surface area contributed by atoms with Gasteiger partial charge in [-0.1, -0.05) is 62.1 Å². The third-order valence-electron chi connectivity index (χ3n) is 5.43. The Kier molecular flexibility index (Phi) is 5.58. The predicted octanol–water partition coefficient (Wildman–Crippen LogP) is 4.63. The summed E-state index contributed by atoms with van der Waals surface area (Å²) in [4.78, 5) is 12.5. The Morgan fingerprint density at radius 2 is 1.96 bits per heavy atom.